The molecule has 0 amide bonds. The summed E-state index contributed by atoms with van der Waals surface area (Å²) < 4.78 is 5.69. The van der Waals surface area contributed by atoms with Crippen molar-refractivity contribution < 1.29 is 9.32 Å². The molecule has 2 aromatic rings. The summed E-state index contributed by atoms with van der Waals surface area (Å²) >= 11 is 11.6. The number of furan rings is 1. The summed E-state index contributed by atoms with van der Waals surface area (Å²) in [5, 5.41) is 7.90. The van der Waals surface area contributed by atoms with Crippen molar-refractivity contribution in [1.82, 2.24) is 5.32 Å². The van der Waals surface area contributed by atoms with Crippen molar-refractivity contribution in [3.63, 3.8) is 0 Å². The second-order valence-corrected chi connectivity index (χ2v) is 7.40. The van der Waals surface area contributed by atoms with E-state index in [1.54, 1.807) is 11.2 Å². The van der Waals surface area contributed by atoms with Gasteiger partial charge in [0.2, 0.25) is 0 Å². The van der Waals surface area contributed by atoms with Crippen LogP contribution in [0.2, 0.25) is 5.02 Å². The average Bonchev–Trinajstić information content (AvgIpc) is 3.14. The standard InChI is InChI=1S/C19H24ClN3OS/c1-14-7-8-15(12-16(14)20)22-19(25)21-13-17(18-6-5-11-24-18)23-9-3-2-4-10-23/h5-8,11-12,17H,2-4,9-10,13H2,1H3,(H2,21,22,25)/p+1/t17-/m1/s1. The van der Waals surface area contributed by atoms with E-state index in [9.17, 15) is 0 Å². The molecule has 0 saturated carbocycles. The zero-order valence-corrected chi connectivity index (χ0v) is 16.1. The zero-order chi connectivity index (χ0) is 17.6. The van der Waals surface area contributed by atoms with Crippen LogP contribution in [0.1, 0.15) is 36.6 Å². The Morgan fingerprint density at radius 3 is 2.76 bits per heavy atom. The van der Waals surface area contributed by atoms with Crippen LogP contribution in [0.3, 0.4) is 0 Å². The molecule has 1 saturated heterocycles. The van der Waals surface area contributed by atoms with Gasteiger partial charge >= 0.3 is 0 Å². The lowest BCUT2D eigenvalue weighted by atomic mass is 10.1. The number of piperidine rings is 1. The topological polar surface area (TPSA) is 41.6 Å². The number of rotatable bonds is 5. The number of thiocarbonyl (C=S) groups is 1. The van der Waals surface area contributed by atoms with E-state index in [2.05, 4.69) is 16.7 Å². The van der Waals surface area contributed by atoms with E-state index in [-0.39, 0.29) is 6.04 Å². The monoisotopic (exact) mass is 378 g/mol. The number of likely N-dealkylation sites (tertiary alicyclic amines) is 1. The first-order valence-electron chi connectivity index (χ1n) is 8.82. The first kappa shape index (κ1) is 18.2. The zero-order valence-electron chi connectivity index (χ0n) is 14.5. The van der Waals surface area contributed by atoms with Crippen molar-refractivity contribution in [2.45, 2.75) is 32.2 Å². The minimum Gasteiger partial charge on any atom is -0.463 e. The van der Waals surface area contributed by atoms with Gasteiger partial charge in [0.25, 0.3) is 0 Å². The summed E-state index contributed by atoms with van der Waals surface area (Å²) in [7, 11) is 0. The van der Waals surface area contributed by atoms with Gasteiger partial charge in [0.1, 0.15) is 0 Å². The van der Waals surface area contributed by atoms with E-state index in [1.165, 1.54) is 32.4 Å². The van der Waals surface area contributed by atoms with Crippen LogP contribution >= 0.6 is 23.8 Å². The Balaban J connectivity index is 1.60. The minimum atomic E-state index is 0.275. The highest BCUT2D eigenvalue weighted by Gasteiger charge is 2.28. The third-order valence-corrected chi connectivity index (χ3v) is 5.43. The van der Waals surface area contributed by atoms with E-state index < -0.39 is 0 Å². The van der Waals surface area contributed by atoms with Crippen LogP contribution in [0.25, 0.3) is 0 Å². The molecule has 1 atom stereocenters. The first-order chi connectivity index (χ1) is 12.1. The van der Waals surface area contributed by atoms with E-state index in [1.807, 2.05) is 31.2 Å². The Morgan fingerprint density at radius 1 is 1.28 bits per heavy atom. The van der Waals surface area contributed by atoms with Gasteiger partial charge in [-0.2, -0.15) is 0 Å². The van der Waals surface area contributed by atoms with Gasteiger partial charge in [-0.15, -0.1) is 0 Å². The van der Waals surface area contributed by atoms with Crippen molar-refractivity contribution in [2.75, 3.05) is 25.0 Å². The molecule has 1 aliphatic rings. The van der Waals surface area contributed by atoms with Crippen LogP contribution in [0.4, 0.5) is 5.69 Å². The molecule has 0 bridgehead atoms. The maximum absolute atomic E-state index is 6.17. The van der Waals surface area contributed by atoms with Gasteiger partial charge in [-0.3, -0.25) is 0 Å². The number of halogens is 1. The van der Waals surface area contributed by atoms with Crippen molar-refractivity contribution in [3.05, 3.63) is 52.9 Å². The Morgan fingerprint density at radius 2 is 2.08 bits per heavy atom. The van der Waals surface area contributed by atoms with E-state index in [0.29, 0.717) is 5.11 Å². The lowest BCUT2D eigenvalue weighted by molar-refractivity contribution is -0.936. The fourth-order valence-electron chi connectivity index (χ4n) is 3.33. The lowest BCUT2D eigenvalue weighted by Crippen LogP contribution is -3.13. The number of anilines is 1. The number of hydrogen-bond donors (Lipinski definition) is 3. The highest BCUT2D eigenvalue weighted by Crippen LogP contribution is 2.20. The number of quaternary nitrogens is 1. The van der Waals surface area contributed by atoms with Gasteiger partial charge in [-0.1, -0.05) is 17.7 Å². The normalized spacial score (nSPS) is 16.4. The van der Waals surface area contributed by atoms with Crippen molar-refractivity contribution >= 4 is 34.6 Å². The summed E-state index contributed by atoms with van der Waals surface area (Å²) in [6, 6.07) is 10.1. The van der Waals surface area contributed by atoms with Crippen LogP contribution in [-0.2, 0) is 0 Å². The summed E-state index contributed by atoms with van der Waals surface area (Å²) in [5.41, 5.74) is 1.95. The first-order valence-corrected chi connectivity index (χ1v) is 9.61. The molecule has 1 aromatic carbocycles. The SMILES string of the molecule is Cc1ccc(NC(=S)NC[C@H](c2ccco2)[NH+]2CCCCC2)cc1Cl. The summed E-state index contributed by atoms with van der Waals surface area (Å²) in [6.45, 7) is 5.09. The molecule has 0 aliphatic carbocycles. The van der Waals surface area contributed by atoms with Crippen molar-refractivity contribution in [3.8, 4) is 0 Å². The molecule has 2 heterocycles. The Labute approximate surface area is 159 Å². The molecule has 0 spiro atoms. The fraction of sp³-hybridized carbons (Fsp3) is 0.421. The molecule has 1 aromatic heterocycles. The van der Waals surface area contributed by atoms with Gasteiger partial charge in [-0.05, 0) is 68.2 Å². The number of aryl methyl sites for hydroxylation is 1. The van der Waals surface area contributed by atoms with Crippen LogP contribution in [0.5, 0.6) is 0 Å². The van der Waals surface area contributed by atoms with Crippen LogP contribution in [0.15, 0.2) is 41.0 Å². The highest BCUT2D eigenvalue weighted by atomic mass is 35.5. The summed E-state index contributed by atoms with van der Waals surface area (Å²) in [4.78, 5) is 1.56. The summed E-state index contributed by atoms with van der Waals surface area (Å²) in [5.74, 6) is 1.02. The Bertz CT molecular complexity index is 699. The second-order valence-electron chi connectivity index (χ2n) is 6.59. The van der Waals surface area contributed by atoms with Crippen LogP contribution in [-0.4, -0.2) is 24.7 Å². The number of hydrogen-bond acceptors (Lipinski definition) is 2. The Hall–Kier alpha value is -1.56. The molecule has 3 rings (SSSR count). The summed E-state index contributed by atoms with van der Waals surface area (Å²) in [6.07, 6.45) is 5.63. The van der Waals surface area contributed by atoms with E-state index >= 15 is 0 Å². The maximum Gasteiger partial charge on any atom is 0.171 e. The molecular formula is C19H25ClN3OS+. The minimum absolute atomic E-state index is 0.275. The molecule has 3 N–H and O–H groups in total. The quantitative estimate of drug-likeness (QED) is 0.698. The lowest BCUT2D eigenvalue weighted by Gasteiger charge is -2.30. The third-order valence-electron chi connectivity index (χ3n) is 4.77. The molecule has 6 heteroatoms. The largest absolute Gasteiger partial charge is 0.463 e. The molecule has 134 valence electrons. The molecule has 25 heavy (non-hydrogen) atoms. The molecule has 0 radical (unpaired) electrons. The predicted octanol–water partition coefficient (Wildman–Crippen LogP) is 3.34. The van der Waals surface area contributed by atoms with Gasteiger partial charge in [-0.25, -0.2) is 0 Å². The molecular weight excluding hydrogens is 354 g/mol. The van der Waals surface area contributed by atoms with Gasteiger partial charge in [0, 0.05) is 10.7 Å². The van der Waals surface area contributed by atoms with Gasteiger partial charge < -0.3 is 20.0 Å². The molecule has 1 fully saturated rings. The van der Waals surface area contributed by atoms with Crippen LogP contribution in [0, 0.1) is 6.92 Å². The molecule has 1 aliphatic heterocycles. The van der Waals surface area contributed by atoms with E-state index in [0.717, 1.165) is 28.6 Å². The fourth-order valence-corrected chi connectivity index (χ4v) is 3.71. The average molecular weight is 379 g/mol. The number of benzene rings is 1. The smallest absolute Gasteiger partial charge is 0.171 e. The molecule has 0 unspecified atom stereocenters. The highest BCUT2D eigenvalue weighted by molar-refractivity contribution is 7.80. The van der Waals surface area contributed by atoms with Crippen LogP contribution < -0.4 is 15.5 Å². The third kappa shape index (κ3) is 4.97. The van der Waals surface area contributed by atoms with Crippen molar-refractivity contribution in [1.29, 1.82) is 0 Å². The van der Waals surface area contributed by atoms with Gasteiger partial charge in [0.15, 0.2) is 16.9 Å². The Kier molecular flexibility index (Phi) is 6.34. The maximum atomic E-state index is 6.17. The second kappa shape index (κ2) is 8.70. The number of nitrogens with one attached hydrogen (secondary N) is 3. The predicted molar refractivity (Wildman–Crippen MR) is 106 cm³/mol. The molecule has 4 nitrogen and oxygen atoms in total. The van der Waals surface area contributed by atoms with E-state index in [4.69, 9.17) is 28.2 Å². The van der Waals surface area contributed by atoms with Crippen molar-refractivity contribution in [2.24, 2.45) is 0 Å². The van der Waals surface area contributed by atoms with Gasteiger partial charge in [0.05, 0.1) is 25.9 Å².